The number of halogens is 1. The van der Waals surface area contributed by atoms with Crippen LogP contribution in [0.5, 0.6) is 5.75 Å². The number of aromatic nitrogens is 2. The second-order valence-electron chi connectivity index (χ2n) is 7.34. The van der Waals surface area contributed by atoms with Crippen molar-refractivity contribution in [2.45, 2.75) is 12.9 Å². The Labute approximate surface area is 187 Å². The van der Waals surface area contributed by atoms with Crippen LogP contribution < -0.4 is 20.3 Å². The van der Waals surface area contributed by atoms with Crippen LogP contribution >= 0.6 is 0 Å². The molecule has 3 heterocycles. The Morgan fingerprint density at radius 1 is 1.25 bits per heavy atom. The molecule has 0 saturated heterocycles. The maximum Gasteiger partial charge on any atom is 0.323 e. The third-order valence-electron chi connectivity index (χ3n) is 5.39. The number of ether oxygens (including phenoxy) is 1. The molecule has 1 aliphatic rings. The minimum Gasteiger partial charge on any atom is -0.495 e. The van der Waals surface area contributed by atoms with Gasteiger partial charge in [-0.25, -0.2) is 14.2 Å². The number of benzene rings is 2. The van der Waals surface area contributed by atoms with Gasteiger partial charge in [-0.15, -0.1) is 0 Å². The van der Waals surface area contributed by atoms with E-state index in [1.54, 1.807) is 35.5 Å². The SMILES string of the molecule is [2H]C([2H])(c1c[nH]c2ncccc12)N1CCc2c(NC(=O)Nc3cc(F)ccc3OC)cccc21. The number of anilines is 3. The summed E-state index contributed by atoms with van der Waals surface area (Å²) in [5.74, 6) is -0.163. The number of rotatable bonds is 5. The van der Waals surface area contributed by atoms with Crippen molar-refractivity contribution in [2.24, 2.45) is 0 Å². The number of carbonyl (C=O) groups is 1. The number of nitrogens with zero attached hydrogens (tertiary/aromatic N) is 2. The van der Waals surface area contributed by atoms with Gasteiger partial charge in [-0.2, -0.15) is 0 Å². The van der Waals surface area contributed by atoms with Crippen molar-refractivity contribution >= 4 is 34.1 Å². The van der Waals surface area contributed by atoms with E-state index < -0.39 is 18.3 Å². The van der Waals surface area contributed by atoms with Crippen molar-refractivity contribution in [1.29, 1.82) is 0 Å². The van der Waals surface area contributed by atoms with Crippen LogP contribution in [0, 0.1) is 5.82 Å². The first-order valence-electron chi connectivity index (χ1n) is 11.1. The lowest BCUT2D eigenvalue weighted by molar-refractivity contribution is 0.262. The van der Waals surface area contributed by atoms with E-state index in [2.05, 4.69) is 20.6 Å². The topological polar surface area (TPSA) is 82.3 Å². The molecule has 5 rings (SSSR count). The van der Waals surface area contributed by atoms with Crippen molar-refractivity contribution in [3.8, 4) is 5.75 Å². The predicted molar refractivity (Wildman–Crippen MR) is 123 cm³/mol. The molecule has 0 fully saturated rings. The molecule has 2 aromatic heterocycles. The van der Waals surface area contributed by atoms with Gasteiger partial charge in [0.1, 0.15) is 17.2 Å². The Morgan fingerprint density at radius 2 is 2.12 bits per heavy atom. The number of H-pyrrole nitrogens is 1. The average molecular weight is 433 g/mol. The fraction of sp³-hybridized carbons (Fsp3) is 0.167. The molecule has 7 nitrogen and oxygen atoms in total. The van der Waals surface area contributed by atoms with Gasteiger partial charge in [-0.1, -0.05) is 6.07 Å². The molecule has 3 N–H and O–H groups in total. The predicted octanol–water partition coefficient (Wildman–Crippen LogP) is 4.92. The number of methoxy groups -OCH3 is 1. The lowest BCUT2D eigenvalue weighted by Gasteiger charge is -2.19. The Balaban J connectivity index is 1.41. The second-order valence-corrected chi connectivity index (χ2v) is 7.34. The van der Waals surface area contributed by atoms with E-state index in [1.165, 1.54) is 25.3 Å². The van der Waals surface area contributed by atoms with E-state index in [0.29, 0.717) is 41.3 Å². The van der Waals surface area contributed by atoms with Crippen LogP contribution in [0.4, 0.5) is 26.2 Å². The molecule has 1 aliphatic heterocycles. The van der Waals surface area contributed by atoms with Gasteiger partial charge < -0.3 is 25.3 Å². The number of fused-ring (bicyclic) bond motifs is 2. The Hall–Kier alpha value is -4.07. The van der Waals surface area contributed by atoms with Gasteiger partial charge in [0, 0.05) is 53.8 Å². The number of aromatic amines is 1. The van der Waals surface area contributed by atoms with Crippen LogP contribution in [-0.4, -0.2) is 29.7 Å². The van der Waals surface area contributed by atoms with E-state index in [4.69, 9.17) is 7.48 Å². The van der Waals surface area contributed by atoms with Crippen molar-refractivity contribution in [2.75, 3.05) is 29.2 Å². The molecule has 32 heavy (non-hydrogen) atoms. The van der Waals surface area contributed by atoms with Gasteiger partial charge in [0.2, 0.25) is 0 Å². The zero-order valence-electron chi connectivity index (χ0n) is 19.3. The first-order chi connectivity index (χ1) is 16.4. The van der Waals surface area contributed by atoms with Gasteiger partial charge in [0.15, 0.2) is 0 Å². The van der Waals surface area contributed by atoms with Gasteiger partial charge in [-0.05, 0) is 48.4 Å². The normalized spacial score (nSPS) is 14.0. The van der Waals surface area contributed by atoms with E-state index in [-0.39, 0.29) is 5.69 Å². The molecule has 2 amide bonds. The highest BCUT2D eigenvalue weighted by Gasteiger charge is 2.23. The van der Waals surface area contributed by atoms with Crippen LogP contribution in [0.2, 0.25) is 0 Å². The number of urea groups is 1. The van der Waals surface area contributed by atoms with Crippen LogP contribution in [-0.2, 0) is 12.9 Å². The molecule has 0 unspecified atom stereocenters. The molecule has 0 bridgehead atoms. The number of nitrogens with one attached hydrogen (secondary N) is 3. The number of amides is 2. The van der Waals surface area contributed by atoms with Crippen LogP contribution in [0.25, 0.3) is 11.0 Å². The smallest absolute Gasteiger partial charge is 0.323 e. The molecule has 4 aromatic rings. The molecule has 2 aromatic carbocycles. The Bertz CT molecular complexity index is 1390. The summed E-state index contributed by atoms with van der Waals surface area (Å²) in [6, 6.07) is 12.3. The summed E-state index contributed by atoms with van der Waals surface area (Å²) in [6.45, 7) is -1.37. The van der Waals surface area contributed by atoms with Crippen molar-refractivity contribution in [3.05, 3.63) is 77.9 Å². The second kappa shape index (κ2) is 8.22. The fourth-order valence-electron chi connectivity index (χ4n) is 3.92. The highest BCUT2D eigenvalue weighted by atomic mass is 19.1. The zero-order chi connectivity index (χ0) is 23.9. The van der Waals surface area contributed by atoms with Gasteiger partial charge in [0.05, 0.1) is 15.5 Å². The summed E-state index contributed by atoms with van der Waals surface area (Å²) in [4.78, 5) is 21.7. The van der Waals surface area contributed by atoms with Crippen molar-refractivity contribution < 1.29 is 16.7 Å². The first kappa shape index (κ1) is 17.6. The van der Waals surface area contributed by atoms with Crippen LogP contribution in [0.1, 0.15) is 13.9 Å². The summed E-state index contributed by atoms with van der Waals surface area (Å²) in [5, 5.41) is 6.14. The summed E-state index contributed by atoms with van der Waals surface area (Å²) >= 11 is 0. The Kier molecular flexibility index (Phi) is 4.52. The summed E-state index contributed by atoms with van der Waals surface area (Å²) < 4.78 is 36.6. The minimum atomic E-state index is -1.80. The lowest BCUT2D eigenvalue weighted by atomic mass is 10.1. The number of hydrogen-bond donors (Lipinski definition) is 3. The molecule has 0 saturated carbocycles. The monoisotopic (exact) mass is 433 g/mol. The Morgan fingerprint density at radius 3 is 3.00 bits per heavy atom. The standard InChI is InChI=1S/C24H22FN5O2/c1-32-22-8-7-16(25)12-20(22)29-24(31)28-19-5-2-6-21-18(19)9-11-30(21)14-15-13-27-23-17(15)4-3-10-26-23/h2-8,10,12-13H,9,11,14H2,1H3,(H,26,27)(H2,28,29,31)/i14D2. The molecule has 0 radical (unpaired) electrons. The molecular weight excluding hydrogens is 409 g/mol. The van der Waals surface area contributed by atoms with Gasteiger partial charge >= 0.3 is 6.03 Å². The third-order valence-corrected chi connectivity index (χ3v) is 5.39. The fourth-order valence-corrected chi connectivity index (χ4v) is 3.92. The molecular formula is C24H22FN5O2. The van der Waals surface area contributed by atoms with E-state index in [0.717, 1.165) is 10.9 Å². The highest BCUT2D eigenvalue weighted by Crippen LogP contribution is 2.35. The average Bonchev–Trinajstić information content (AvgIpc) is 3.45. The lowest BCUT2D eigenvalue weighted by Crippen LogP contribution is -2.21. The first-order valence-corrected chi connectivity index (χ1v) is 10.1. The van der Waals surface area contributed by atoms with Crippen LogP contribution in [0.15, 0.2) is 60.9 Å². The largest absolute Gasteiger partial charge is 0.495 e. The van der Waals surface area contributed by atoms with Gasteiger partial charge in [-0.3, -0.25) is 0 Å². The maximum absolute atomic E-state index is 13.6. The van der Waals surface area contributed by atoms with Crippen molar-refractivity contribution in [3.63, 3.8) is 0 Å². The highest BCUT2D eigenvalue weighted by molar-refractivity contribution is 6.01. The van der Waals surface area contributed by atoms with E-state index in [9.17, 15) is 9.18 Å². The summed E-state index contributed by atoms with van der Waals surface area (Å²) in [7, 11) is 1.44. The molecule has 162 valence electrons. The minimum absolute atomic E-state index is 0.207. The molecule has 0 atom stereocenters. The van der Waals surface area contributed by atoms with Gasteiger partial charge in [0.25, 0.3) is 0 Å². The van der Waals surface area contributed by atoms with E-state index in [1.807, 2.05) is 12.1 Å². The molecule has 0 spiro atoms. The quantitative estimate of drug-likeness (QED) is 0.417. The zero-order valence-corrected chi connectivity index (χ0v) is 17.3. The number of pyridine rings is 1. The van der Waals surface area contributed by atoms with E-state index >= 15 is 0 Å². The number of carbonyl (C=O) groups excluding carboxylic acids is 1. The molecule has 8 heteroatoms. The summed E-state index contributed by atoms with van der Waals surface area (Å²) in [6.07, 6.45) is 3.86. The third kappa shape index (κ3) is 3.71. The summed E-state index contributed by atoms with van der Waals surface area (Å²) in [5.41, 5.74) is 3.41. The maximum atomic E-state index is 13.6. The number of hydrogen-bond acceptors (Lipinski definition) is 4. The van der Waals surface area contributed by atoms with Crippen molar-refractivity contribution in [1.82, 2.24) is 9.97 Å². The van der Waals surface area contributed by atoms with Crippen LogP contribution in [0.3, 0.4) is 0 Å². The molecule has 0 aliphatic carbocycles.